The number of hydrogen-bond acceptors (Lipinski definition) is 4. The molecular weight excluding hydrogens is 392 g/mol. The molecule has 28 heavy (non-hydrogen) atoms. The molecule has 0 unspecified atom stereocenters. The highest BCUT2D eigenvalue weighted by molar-refractivity contribution is 7.13. The minimum atomic E-state index is -0.261. The van der Waals surface area contributed by atoms with Gasteiger partial charge in [0.15, 0.2) is 5.13 Å². The number of halogens is 1. The van der Waals surface area contributed by atoms with Gasteiger partial charge in [-0.05, 0) is 35.2 Å². The number of carbonyl (C=O) groups excluding carboxylic acids is 1. The molecule has 0 radical (unpaired) electrons. The fraction of sp³-hybridized carbons (Fsp3) is 0.238. The first-order valence-corrected chi connectivity index (χ1v) is 10.4. The standard InChI is InChI=1S/C21H21ClN4OS/c22-18-7-5-15(6-8-18)11-23-20(27)25-21-24-19(14-28-21)13-26-10-9-16-3-1-2-4-17(16)12-26/h1-8,14H,9-13H2,(H2,23,24,25,27). The van der Waals surface area contributed by atoms with E-state index < -0.39 is 0 Å². The second-order valence-corrected chi connectivity index (χ2v) is 8.10. The highest BCUT2D eigenvalue weighted by Gasteiger charge is 2.17. The molecule has 7 heteroatoms. The molecule has 0 spiro atoms. The van der Waals surface area contributed by atoms with E-state index in [-0.39, 0.29) is 6.03 Å². The fourth-order valence-electron chi connectivity index (χ4n) is 3.28. The zero-order valence-corrected chi connectivity index (χ0v) is 16.9. The quantitative estimate of drug-likeness (QED) is 0.639. The van der Waals surface area contributed by atoms with Crippen LogP contribution in [0.15, 0.2) is 53.9 Å². The van der Waals surface area contributed by atoms with E-state index in [2.05, 4.69) is 44.8 Å². The number of nitrogens with zero attached hydrogens (tertiary/aromatic N) is 2. The van der Waals surface area contributed by atoms with Gasteiger partial charge in [0.2, 0.25) is 0 Å². The van der Waals surface area contributed by atoms with Gasteiger partial charge in [0.25, 0.3) is 0 Å². The molecule has 2 aromatic carbocycles. The van der Waals surface area contributed by atoms with Crippen molar-refractivity contribution in [3.63, 3.8) is 0 Å². The average Bonchev–Trinajstić information content (AvgIpc) is 3.14. The number of carbonyl (C=O) groups is 1. The smallest absolute Gasteiger partial charge is 0.321 e. The molecule has 144 valence electrons. The molecular formula is C21H21ClN4OS. The van der Waals surface area contributed by atoms with Gasteiger partial charge in [0.05, 0.1) is 5.69 Å². The highest BCUT2D eigenvalue weighted by Crippen LogP contribution is 2.22. The zero-order chi connectivity index (χ0) is 19.3. The molecule has 2 N–H and O–H groups in total. The summed E-state index contributed by atoms with van der Waals surface area (Å²) in [5.74, 6) is 0. The maximum absolute atomic E-state index is 12.1. The Kier molecular flexibility index (Phi) is 5.90. The summed E-state index contributed by atoms with van der Waals surface area (Å²) in [6.45, 7) is 3.20. The van der Waals surface area contributed by atoms with Gasteiger partial charge in [-0.3, -0.25) is 10.2 Å². The summed E-state index contributed by atoms with van der Waals surface area (Å²) >= 11 is 7.32. The Morgan fingerprint density at radius 2 is 1.93 bits per heavy atom. The molecule has 0 bridgehead atoms. The summed E-state index contributed by atoms with van der Waals surface area (Å²) < 4.78 is 0. The van der Waals surface area contributed by atoms with Crippen LogP contribution in [0.25, 0.3) is 0 Å². The predicted molar refractivity (Wildman–Crippen MR) is 114 cm³/mol. The van der Waals surface area contributed by atoms with Crippen molar-refractivity contribution in [2.24, 2.45) is 0 Å². The van der Waals surface area contributed by atoms with Crippen molar-refractivity contribution in [1.82, 2.24) is 15.2 Å². The van der Waals surface area contributed by atoms with Crippen molar-refractivity contribution < 1.29 is 4.79 Å². The summed E-state index contributed by atoms with van der Waals surface area (Å²) in [4.78, 5) is 19.0. The Balaban J connectivity index is 1.27. The Morgan fingerprint density at radius 1 is 1.14 bits per heavy atom. The Hall–Kier alpha value is -2.41. The first kappa shape index (κ1) is 18.9. The summed E-state index contributed by atoms with van der Waals surface area (Å²) in [6.07, 6.45) is 1.07. The molecule has 2 amide bonds. The molecule has 0 aliphatic carbocycles. The second kappa shape index (κ2) is 8.73. The van der Waals surface area contributed by atoms with Crippen LogP contribution < -0.4 is 10.6 Å². The van der Waals surface area contributed by atoms with E-state index in [1.807, 2.05) is 29.6 Å². The van der Waals surface area contributed by atoms with Gasteiger partial charge < -0.3 is 5.32 Å². The number of rotatable bonds is 5. The number of aromatic nitrogens is 1. The SMILES string of the molecule is O=C(NCc1ccc(Cl)cc1)Nc1nc(CN2CCc3ccccc3C2)cs1. The van der Waals surface area contributed by atoms with Crippen LogP contribution in [-0.4, -0.2) is 22.5 Å². The van der Waals surface area contributed by atoms with Crippen molar-refractivity contribution in [3.05, 3.63) is 81.3 Å². The molecule has 1 aliphatic heterocycles. The predicted octanol–water partition coefficient (Wildman–Crippen LogP) is 4.68. The molecule has 3 aromatic rings. The molecule has 0 saturated heterocycles. The van der Waals surface area contributed by atoms with Crippen molar-refractivity contribution in [1.29, 1.82) is 0 Å². The number of nitrogens with one attached hydrogen (secondary N) is 2. The van der Waals surface area contributed by atoms with Crippen molar-refractivity contribution in [2.45, 2.75) is 26.1 Å². The Bertz CT molecular complexity index is 957. The number of benzene rings is 2. The van der Waals surface area contributed by atoms with E-state index in [0.29, 0.717) is 16.7 Å². The molecule has 1 aliphatic rings. The number of anilines is 1. The largest absolute Gasteiger partial charge is 0.334 e. The number of urea groups is 1. The lowest BCUT2D eigenvalue weighted by Gasteiger charge is -2.27. The van der Waals surface area contributed by atoms with Gasteiger partial charge in [-0.2, -0.15) is 0 Å². The number of thiazole rings is 1. The van der Waals surface area contributed by atoms with E-state index in [1.54, 1.807) is 0 Å². The average molecular weight is 413 g/mol. The van der Waals surface area contributed by atoms with Gasteiger partial charge in [0.1, 0.15) is 0 Å². The van der Waals surface area contributed by atoms with Crippen LogP contribution in [-0.2, 0) is 26.1 Å². The summed E-state index contributed by atoms with van der Waals surface area (Å²) in [5, 5.41) is 8.94. The molecule has 5 nitrogen and oxygen atoms in total. The first-order chi connectivity index (χ1) is 13.7. The maximum Gasteiger partial charge on any atom is 0.321 e. The molecule has 0 atom stereocenters. The van der Waals surface area contributed by atoms with E-state index >= 15 is 0 Å². The minimum Gasteiger partial charge on any atom is -0.334 e. The van der Waals surface area contributed by atoms with Crippen LogP contribution in [0.5, 0.6) is 0 Å². The van der Waals surface area contributed by atoms with Crippen molar-refractivity contribution >= 4 is 34.1 Å². The van der Waals surface area contributed by atoms with E-state index in [0.717, 1.165) is 37.3 Å². The van der Waals surface area contributed by atoms with Gasteiger partial charge in [-0.1, -0.05) is 48.0 Å². The van der Waals surface area contributed by atoms with Crippen LogP contribution in [0.3, 0.4) is 0 Å². The molecule has 0 fully saturated rings. The fourth-order valence-corrected chi connectivity index (χ4v) is 4.10. The van der Waals surface area contributed by atoms with Crippen LogP contribution in [0.1, 0.15) is 22.4 Å². The van der Waals surface area contributed by atoms with E-state index in [9.17, 15) is 4.79 Å². The zero-order valence-electron chi connectivity index (χ0n) is 15.3. The summed E-state index contributed by atoms with van der Waals surface area (Å²) in [5.41, 5.74) is 4.81. The molecule has 1 aromatic heterocycles. The lowest BCUT2D eigenvalue weighted by Crippen LogP contribution is -2.30. The van der Waals surface area contributed by atoms with Gasteiger partial charge in [-0.25, -0.2) is 9.78 Å². The van der Waals surface area contributed by atoms with Crippen molar-refractivity contribution in [3.8, 4) is 0 Å². The van der Waals surface area contributed by atoms with Gasteiger partial charge >= 0.3 is 6.03 Å². The van der Waals surface area contributed by atoms with Crippen molar-refractivity contribution in [2.75, 3.05) is 11.9 Å². The highest BCUT2D eigenvalue weighted by atomic mass is 35.5. The number of fused-ring (bicyclic) bond motifs is 1. The minimum absolute atomic E-state index is 0.261. The van der Waals surface area contributed by atoms with Gasteiger partial charge in [-0.15, -0.1) is 11.3 Å². The van der Waals surface area contributed by atoms with Crippen LogP contribution >= 0.6 is 22.9 Å². The van der Waals surface area contributed by atoms with Crippen LogP contribution in [0.2, 0.25) is 5.02 Å². The van der Waals surface area contributed by atoms with Gasteiger partial charge in [0, 0.05) is 36.6 Å². The second-order valence-electron chi connectivity index (χ2n) is 6.81. The molecule has 2 heterocycles. The summed E-state index contributed by atoms with van der Waals surface area (Å²) in [6, 6.07) is 15.7. The topological polar surface area (TPSA) is 57.3 Å². The van der Waals surface area contributed by atoms with E-state index in [1.165, 1.54) is 22.5 Å². The van der Waals surface area contributed by atoms with Crippen LogP contribution in [0, 0.1) is 0 Å². The third-order valence-electron chi connectivity index (χ3n) is 4.73. The Morgan fingerprint density at radius 3 is 2.75 bits per heavy atom. The monoisotopic (exact) mass is 412 g/mol. The van der Waals surface area contributed by atoms with E-state index in [4.69, 9.17) is 11.6 Å². The summed E-state index contributed by atoms with van der Waals surface area (Å²) in [7, 11) is 0. The first-order valence-electron chi connectivity index (χ1n) is 9.18. The third-order valence-corrected chi connectivity index (χ3v) is 5.79. The molecule has 0 saturated carbocycles. The lowest BCUT2D eigenvalue weighted by molar-refractivity contribution is 0.243. The number of hydrogen-bond donors (Lipinski definition) is 2. The Labute approximate surface area is 173 Å². The van der Waals surface area contributed by atoms with Crippen LogP contribution in [0.4, 0.5) is 9.93 Å². The maximum atomic E-state index is 12.1. The molecule has 4 rings (SSSR count). The number of amides is 2. The third kappa shape index (κ3) is 4.90. The lowest BCUT2D eigenvalue weighted by atomic mass is 10.00. The normalized spacial score (nSPS) is 13.8.